The molecule has 27 heavy (non-hydrogen) atoms. The lowest BCUT2D eigenvalue weighted by Gasteiger charge is -2.33. The van der Waals surface area contributed by atoms with Gasteiger partial charge in [0.05, 0.1) is 0 Å². The number of anilines is 1. The van der Waals surface area contributed by atoms with Gasteiger partial charge in [0.2, 0.25) is 11.8 Å². The van der Waals surface area contributed by atoms with E-state index >= 15 is 0 Å². The summed E-state index contributed by atoms with van der Waals surface area (Å²) in [6, 6.07) is 4.54. The average molecular weight is 382 g/mol. The molecule has 2 fully saturated rings. The van der Waals surface area contributed by atoms with Crippen molar-refractivity contribution in [3.05, 3.63) is 29.6 Å². The minimum atomic E-state index is -2.46. The molecular weight excluding hydrogens is 353 g/mol. The topological polar surface area (TPSA) is 32.3 Å². The van der Waals surface area contributed by atoms with Crippen LogP contribution in [0.5, 0.6) is 0 Å². The van der Waals surface area contributed by atoms with Gasteiger partial charge in [-0.15, -0.1) is 0 Å². The van der Waals surface area contributed by atoms with E-state index in [4.69, 9.17) is 0 Å². The summed E-state index contributed by atoms with van der Waals surface area (Å²) < 4.78 is 39.9. The van der Waals surface area contributed by atoms with E-state index in [-0.39, 0.29) is 30.5 Å². The first kappa shape index (κ1) is 20.2. The standard InChI is InChI=1S/C21H29F3N2O/c1-15-12-18(22)14-19(13-15)25-20(27)17-5-10-26(11-6-17)9-4-16-2-7-21(23,24)8-3-16/h12-14,16-17H,2-11H2,1H3,(H,25,27). The number of hydrogen-bond donors (Lipinski definition) is 1. The quantitative estimate of drug-likeness (QED) is 0.777. The summed E-state index contributed by atoms with van der Waals surface area (Å²) in [7, 11) is 0. The molecule has 0 radical (unpaired) electrons. The Kier molecular flexibility index (Phi) is 6.45. The van der Waals surface area contributed by atoms with Gasteiger partial charge in [-0.05, 0) is 88.3 Å². The van der Waals surface area contributed by atoms with Gasteiger partial charge in [-0.3, -0.25) is 4.79 Å². The lowest BCUT2D eigenvalue weighted by molar-refractivity contribution is -0.121. The minimum Gasteiger partial charge on any atom is -0.326 e. The minimum absolute atomic E-state index is 0.0272. The molecule has 1 N–H and O–H groups in total. The van der Waals surface area contributed by atoms with Gasteiger partial charge < -0.3 is 10.2 Å². The summed E-state index contributed by atoms with van der Waals surface area (Å²) in [5.74, 6) is -2.50. The van der Waals surface area contributed by atoms with E-state index in [0.717, 1.165) is 44.5 Å². The monoisotopic (exact) mass is 382 g/mol. The van der Waals surface area contributed by atoms with Gasteiger partial charge in [0.25, 0.3) is 0 Å². The smallest absolute Gasteiger partial charge is 0.248 e. The summed E-state index contributed by atoms with van der Waals surface area (Å²) in [6.45, 7) is 4.42. The Morgan fingerprint density at radius 2 is 1.81 bits per heavy atom. The van der Waals surface area contributed by atoms with Crippen LogP contribution in [0.2, 0.25) is 0 Å². The number of alkyl halides is 2. The van der Waals surface area contributed by atoms with Crippen LogP contribution < -0.4 is 5.32 Å². The predicted molar refractivity (Wildman–Crippen MR) is 100 cm³/mol. The van der Waals surface area contributed by atoms with Crippen molar-refractivity contribution in [3.63, 3.8) is 0 Å². The number of hydrogen-bond acceptors (Lipinski definition) is 2. The van der Waals surface area contributed by atoms with E-state index in [9.17, 15) is 18.0 Å². The van der Waals surface area contributed by atoms with Crippen LogP contribution >= 0.6 is 0 Å². The fourth-order valence-corrected chi connectivity index (χ4v) is 4.23. The fourth-order valence-electron chi connectivity index (χ4n) is 4.23. The Bertz CT molecular complexity index is 627. The molecule has 3 nitrogen and oxygen atoms in total. The average Bonchev–Trinajstić information content (AvgIpc) is 2.60. The third kappa shape index (κ3) is 5.96. The highest BCUT2D eigenvalue weighted by atomic mass is 19.3. The van der Waals surface area contributed by atoms with Crippen LogP contribution in [0.1, 0.15) is 50.5 Å². The number of carbonyl (C=O) groups is 1. The highest BCUT2D eigenvalue weighted by Gasteiger charge is 2.35. The first-order chi connectivity index (χ1) is 12.8. The maximum Gasteiger partial charge on any atom is 0.248 e. The molecular formula is C21H29F3N2O. The Morgan fingerprint density at radius 1 is 1.15 bits per heavy atom. The molecule has 0 spiro atoms. The maximum absolute atomic E-state index is 13.5. The molecule has 6 heteroatoms. The lowest BCUT2D eigenvalue weighted by atomic mass is 9.84. The molecule has 0 bridgehead atoms. The normalized spacial score (nSPS) is 21.9. The van der Waals surface area contributed by atoms with Gasteiger partial charge in [0, 0.05) is 24.4 Å². The van der Waals surface area contributed by atoms with Gasteiger partial charge >= 0.3 is 0 Å². The molecule has 1 aromatic rings. The Morgan fingerprint density at radius 3 is 2.44 bits per heavy atom. The van der Waals surface area contributed by atoms with E-state index in [1.165, 1.54) is 12.1 Å². The summed E-state index contributed by atoms with van der Waals surface area (Å²) in [4.78, 5) is 14.8. The number of likely N-dealkylation sites (tertiary alicyclic amines) is 1. The molecule has 1 aliphatic heterocycles. The van der Waals surface area contributed by atoms with Crippen LogP contribution in [-0.4, -0.2) is 36.4 Å². The SMILES string of the molecule is Cc1cc(F)cc(NC(=O)C2CCN(CCC3CCC(F)(F)CC3)CC2)c1. The highest BCUT2D eigenvalue weighted by Crippen LogP contribution is 2.37. The number of halogens is 3. The molecule has 1 saturated heterocycles. The van der Waals surface area contributed by atoms with E-state index < -0.39 is 5.92 Å². The second-order valence-electron chi connectivity index (χ2n) is 8.21. The largest absolute Gasteiger partial charge is 0.326 e. The number of rotatable bonds is 5. The number of benzene rings is 1. The van der Waals surface area contributed by atoms with Crippen molar-refractivity contribution < 1.29 is 18.0 Å². The van der Waals surface area contributed by atoms with Gasteiger partial charge in [0.15, 0.2) is 0 Å². The summed E-state index contributed by atoms with van der Waals surface area (Å²) in [5.41, 5.74) is 1.29. The first-order valence-corrected chi connectivity index (χ1v) is 9.99. The fraction of sp³-hybridized carbons (Fsp3) is 0.667. The summed E-state index contributed by atoms with van der Waals surface area (Å²) in [6.07, 6.45) is 3.83. The molecule has 2 aliphatic rings. The van der Waals surface area contributed by atoms with Crippen molar-refractivity contribution in [2.24, 2.45) is 11.8 Å². The summed E-state index contributed by atoms with van der Waals surface area (Å²) >= 11 is 0. The third-order valence-corrected chi connectivity index (χ3v) is 5.96. The Labute approximate surface area is 159 Å². The molecule has 3 rings (SSSR count). The molecule has 0 aromatic heterocycles. The number of piperidine rings is 1. The van der Waals surface area contributed by atoms with Crippen LogP contribution in [0, 0.1) is 24.6 Å². The van der Waals surface area contributed by atoms with E-state index in [1.54, 1.807) is 13.0 Å². The Balaban J connectivity index is 1.39. The summed E-state index contributed by atoms with van der Waals surface area (Å²) in [5, 5.41) is 2.83. The van der Waals surface area contributed by atoms with Crippen molar-refractivity contribution >= 4 is 11.6 Å². The molecule has 0 unspecified atom stereocenters. The molecule has 1 aliphatic carbocycles. The lowest BCUT2D eigenvalue weighted by Crippen LogP contribution is -2.39. The number of nitrogens with zero attached hydrogens (tertiary/aromatic N) is 1. The zero-order valence-electron chi connectivity index (χ0n) is 15.9. The molecule has 0 atom stereocenters. The van der Waals surface area contributed by atoms with Crippen LogP contribution in [0.25, 0.3) is 0 Å². The first-order valence-electron chi connectivity index (χ1n) is 9.99. The second kappa shape index (κ2) is 8.63. The highest BCUT2D eigenvalue weighted by molar-refractivity contribution is 5.92. The molecule has 150 valence electrons. The van der Waals surface area contributed by atoms with Gasteiger partial charge in [-0.1, -0.05) is 0 Å². The van der Waals surface area contributed by atoms with Gasteiger partial charge in [0.1, 0.15) is 5.82 Å². The number of carbonyl (C=O) groups excluding carboxylic acids is 1. The zero-order valence-corrected chi connectivity index (χ0v) is 15.9. The van der Waals surface area contributed by atoms with Gasteiger partial charge in [-0.25, -0.2) is 13.2 Å². The Hall–Kier alpha value is -1.56. The van der Waals surface area contributed by atoms with Gasteiger partial charge in [-0.2, -0.15) is 0 Å². The van der Waals surface area contributed by atoms with Crippen molar-refractivity contribution in [2.45, 2.75) is 57.8 Å². The molecule has 1 amide bonds. The van der Waals surface area contributed by atoms with Crippen molar-refractivity contribution in [1.29, 1.82) is 0 Å². The number of amides is 1. The van der Waals surface area contributed by atoms with Crippen molar-refractivity contribution in [1.82, 2.24) is 4.90 Å². The number of nitrogens with one attached hydrogen (secondary N) is 1. The maximum atomic E-state index is 13.5. The van der Waals surface area contributed by atoms with Crippen LogP contribution in [0.3, 0.4) is 0 Å². The third-order valence-electron chi connectivity index (χ3n) is 5.96. The predicted octanol–water partition coefficient (Wildman–Crippen LogP) is 5.00. The van der Waals surface area contributed by atoms with E-state index in [2.05, 4.69) is 10.2 Å². The zero-order chi connectivity index (χ0) is 19.4. The van der Waals surface area contributed by atoms with E-state index in [0.29, 0.717) is 24.4 Å². The van der Waals surface area contributed by atoms with Crippen LogP contribution in [-0.2, 0) is 4.79 Å². The molecule has 1 heterocycles. The molecule has 1 saturated carbocycles. The van der Waals surface area contributed by atoms with Crippen LogP contribution in [0.4, 0.5) is 18.9 Å². The van der Waals surface area contributed by atoms with Crippen molar-refractivity contribution in [2.75, 3.05) is 25.0 Å². The van der Waals surface area contributed by atoms with Crippen LogP contribution in [0.15, 0.2) is 18.2 Å². The molecule has 1 aromatic carbocycles. The van der Waals surface area contributed by atoms with E-state index in [1.807, 2.05) is 0 Å². The van der Waals surface area contributed by atoms with Crippen molar-refractivity contribution in [3.8, 4) is 0 Å². The number of aryl methyl sites for hydroxylation is 1. The second-order valence-corrected chi connectivity index (χ2v) is 8.21.